The van der Waals surface area contributed by atoms with Gasteiger partial charge in [0.15, 0.2) is 9.79 Å². The molecule has 2 aromatic carbocycles. The van der Waals surface area contributed by atoms with E-state index < -0.39 is 0 Å². The van der Waals surface area contributed by atoms with Crippen LogP contribution in [0.1, 0.15) is 0 Å². The number of thiol groups is 1. The van der Waals surface area contributed by atoms with Crippen LogP contribution in [-0.2, 0) is 16.5 Å². The Morgan fingerprint density at radius 2 is 1.00 bits per heavy atom. The summed E-state index contributed by atoms with van der Waals surface area (Å²) in [6.45, 7) is 0. The first-order valence-corrected chi connectivity index (χ1v) is 5.98. The zero-order valence-corrected chi connectivity index (χ0v) is 10.5. The molecule has 0 radical (unpaired) electrons. The van der Waals surface area contributed by atoms with Crippen LogP contribution in [-0.4, -0.2) is 14.2 Å². The second-order valence-electron chi connectivity index (χ2n) is 3.19. The molecule has 0 unspecified atom stereocenters. The third-order valence-corrected chi connectivity index (χ3v) is 2.88. The Kier molecular flexibility index (Phi) is 6.38. The first kappa shape index (κ1) is 12.8. The third-order valence-electron chi connectivity index (χ3n) is 1.77. The molecule has 0 spiro atoms. The monoisotopic (exact) mass is 233 g/mol. The van der Waals surface area contributed by atoms with E-state index in [0.29, 0.717) is 0 Å². The van der Waals surface area contributed by atoms with Gasteiger partial charge in [0.05, 0.1) is 0 Å². The molecule has 0 N–H and O–H groups in total. The lowest BCUT2D eigenvalue weighted by Gasteiger charge is -1.90. The predicted octanol–water partition coefficient (Wildman–Crippen LogP) is 3.18. The van der Waals surface area contributed by atoms with Gasteiger partial charge in [0, 0.05) is 26.0 Å². The van der Waals surface area contributed by atoms with Crippen LogP contribution in [0.15, 0.2) is 70.5 Å². The topological polar surface area (TPSA) is 9.23 Å². The fraction of sp³-hybridized carbons (Fsp3) is 0.143. The minimum atomic E-state index is 1.28. The average molecular weight is 233 g/mol. The van der Waals surface area contributed by atoms with Gasteiger partial charge in [-0.3, -0.25) is 0 Å². The number of methoxy groups -OCH3 is 1. The molecule has 0 aliphatic rings. The highest BCUT2D eigenvalue weighted by molar-refractivity contribution is 7.78. The number of rotatable bonds is 2. The van der Waals surface area contributed by atoms with Crippen molar-refractivity contribution in [2.24, 2.45) is 0 Å². The van der Waals surface area contributed by atoms with Crippen LogP contribution in [0, 0.1) is 0 Å². The molecule has 0 atom stereocenters. The quantitative estimate of drug-likeness (QED) is 0.572. The van der Waals surface area contributed by atoms with Crippen molar-refractivity contribution in [1.29, 1.82) is 0 Å². The third kappa shape index (κ3) is 5.01. The molecule has 0 saturated heterocycles. The molecule has 0 aliphatic heterocycles. The van der Waals surface area contributed by atoms with Crippen molar-refractivity contribution in [3.8, 4) is 0 Å². The van der Waals surface area contributed by atoms with E-state index in [4.69, 9.17) is 0 Å². The van der Waals surface area contributed by atoms with Gasteiger partial charge >= 0.3 is 0 Å². The van der Waals surface area contributed by atoms with Crippen LogP contribution < -0.4 is 0 Å². The highest BCUT2D eigenvalue weighted by atomic mass is 32.2. The van der Waals surface area contributed by atoms with Crippen molar-refractivity contribution >= 4 is 11.8 Å². The van der Waals surface area contributed by atoms with Gasteiger partial charge < -0.3 is 4.74 Å². The van der Waals surface area contributed by atoms with Gasteiger partial charge in [-0.15, -0.1) is 0 Å². The van der Waals surface area contributed by atoms with E-state index in [-0.39, 0.29) is 0 Å². The Balaban J connectivity index is 0.000000386. The predicted molar refractivity (Wildman–Crippen MR) is 71.1 cm³/mol. The molecule has 16 heavy (non-hydrogen) atoms. The molecule has 84 valence electrons. The zero-order valence-electron chi connectivity index (χ0n) is 9.63. The van der Waals surface area contributed by atoms with Crippen molar-refractivity contribution < 1.29 is 4.74 Å². The van der Waals surface area contributed by atoms with E-state index in [0.717, 1.165) is 0 Å². The SMILES string of the molecule is COC.c1ccc([SH+]c2ccccc2)cc1. The van der Waals surface area contributed by atoms with E-state index in [1.807, 2.05) is 12.1 Å². The maximum atomic E-state index is 4.25. The van der Waals surface area contributed by atoms with Crippen molar-refractivity contribution in [3.63, 3.8) is 0 Å². The van der Waals surface area contributed by atoms with Crippen LogP contribution in [0.3, 0.4) is 0 Å². The molecule has 0 bridgehead atoms. The fourth-order valence-corrected chi connectivity index (χ4v) is 2.09. The highest BCUT2D eigenvalue weighted by Crippen LogP contribution is 2.10. The molecule has 2 rings (SSSR count). The van der Waals surface area contributed by atoms with Crippen LogP contribution in [0.5, 0.6) is 0 Å². The van der Waals surface area contributed by atoms with Gasteiger partial charge in [-0.1, -0.05) is 36.4 Å². The van der Waals surface area contributed by atoms with Gasteiger partial charge in [-0.05, 0) is 24.3 Å². The zero-order chi connectivity index (χ0) is 11.6. The molecule has 0 amide bonds. The van der Waals surface area contributed by atoms with Gasteiger partial charge in [0.25, 0.3) is 0 Å². The fourth-order valence-electron chi connectivity index (χ4n) is 1.15. The number of benzene rings is 2. The molecule has 0 aromatic heterocycles. The molecule has 2 aromatic rings. The first-order valence-electron chi connectivity index (χ1n) is 5.09. The van der Waals surface area contributed by atoms with Crippen LogP contribution in [0.2, 0.25) is 0 Å². The van der Waals surface area contributed by atoms with Crippen molar-refractivity contribution in [2.45, 2.75) is 9.79 Å². The van der Waals surface area contributed by atoms with Crippen molar-refractivity contribution in [2.75, 3.05) is 14.2 Å². The average Bonchev–Trinajstić information content (AvgIpc) is 2.33. The summed E-state index contributed by atoms with van der Waals surface area (Å²) in [5.74, 6) is 0. The Hall–Kier alpha value is -1.25. The van der Waals surface area contributed by atoms with Crippen LogP contribution >= 0.6 is 0 Å². The Bertz CT molecular complexity index is 335. The maximum Gasteiger partial charge on any atom is 0.158 e. The summed E-state index contributed by atoms with van der Waals surface area (Å²) in [5.41, 5.74) is 0. The van der Waals surface area contributed by atoms with Gasteiger partial charge in [-0.25, -0.2) is 0 Å². The number of hydrogen-bond acceptors (Lipinski definition) is 1. The minimum Gasteiger partial charge on any atom is -0.388 e. The molecule has 0 aliphatic carbocycles. The van der Waals surface area contributed by atoms with E-state index >= 15 is 0 Å². The Labute approximate surface area is 101 Å². The summed E-state index contributed by atoms with van der Waals surface area (Å²) in [7, 11) is 3.25. The summed E-state index contributed by atoms with van der Waals surface area (Å²) >= 11 is 1.28. The van der Waals surface area contributed by atoms with Gasteiger partial charge in [0.1, 0.15) is 0 Å². The molecular formula is C14H17OS+. The summed E-state index contributed by atoms with van der Waals surface area (Å²) < 4.78 is 4.25. The Morgan fingerprint density at radius 1 is 0.688 bits per heavy atom. The van der Waals surface area contributed by atoms with E-state index in [2.05, 4.69) is 53.3 Å². The summed E-state index contributed by atoms with van der Waals surface area (Å²) in [4.78, 5) is 2.68. The number of hydrogen-bond donors (Lipinski definition) is 0. The standard InChI is InChI=1S/C12H10S.C2H6O/c1-3-7-11(8-4-1)13-12-9-5-2-6-10-12;1-3-2/h1-10H;1-2H3/p+1. The van der Waals surface area contributed by atoms with Crippen LogP contribution in [0.4, 0.5) is 0 Å². The van der Waals surface area contributed by atoms with E-state index in [1.54, 1.807) is 14.2 Å². The second kappa shape index (κ2) is 7.97. The normalized spacial score (nSPS) is 9.12. The molecule has 2 heteroatoms. The molecular weight excluding hydrogens is 216 g/mol. The second-order valence-corrected chi connectivity index (χ2v) is 4.45. The summed E-state index contributed by atoms with van der Waals surface area (Å²) in [6.07, 6.45) is 0. The lowest BCUT2D eigenvalue weighted by atomic mass is 10.4. The van der Waals surface area contributed by atoms with E-state index in [1.165, 1.54) is 21.6 Å². The molecule has 0 fully saturated rings. The molecule has 1 nitrogen and oxygen atoms in total. The maximum absolute atomic E-state index is 4.25. The van der Waals surface area contributed by atoms with Crippen LogP contribution in [0.25, 0.3) is 0 Å². The largest absolute Gasteiger partial charge is 0.388 e. The lowest BCUT2D eigenvalue weighted by molar-refractivity contribution is 0.277. The molecule has 0 heterocycles. The van der Waals surface area contributed by atoms with Gasteiger partial charge in [0.2, 0.25) is 0 Å². The lowest BCUT2D eigenvalue weighted by Crippen LogP contribution is -1.82. The summed E-state index contributed by atoms with van der Waals surface area (Å²) in [5, 5.41) is 0. The number of ether oxygens (including phenoxy) is 1. The first-order chi connectivity index (χ1) is 7.86. The Morgan fingerprint density at radius 3 is 1.31 bits per heavy atom. The van der Waals surface area contributed by atoms with E-state index in [9.17, 15) is 0 Å². The smallest absolute Gasteiger partial charge is 0.158 e. The van der Waals surface area contributed by atoms with Gasteiger partial charge in [-0.2, -0.15) is 0 Å². The molecule has 0 saturated carbocycles. The van der Waals surface area contributed by atoms with Crippen molar-refractivity contribution in [1.82, 2.24) is 0 Å². The summed E-state index contributed by atoms with van der Waals surface area (Å²) in [6, 6.07) is 21.0. The van der Waals surface area contributed by atoms with Crippen molar-refractivity contribution in [3.05, 3.63) is 60.7 Å². The minimum absolute atomic E-state index is 1.28. The highest BCUT2D eigenvalue weighted by Gasteiger charge is 2.03.